The molecule has 8 heteroatoms. The van der Waals surface area contributed by atoms with E-state index in [1.165, 1.54) is 23.9 Å². The molecule has 2 rings (SSSR count). The molecule has 1 heterocycles. The molecule has 1 aromatic carbocycles. The Balaban J connectivity index is 2.35. The fraction of sp³-hybridized carbons (Fsp3) is 0.385. The predicted molar refractivity (Wildman–Crippen MR) is 74.2 cm³/mol. The van der Waals surface area contributed by atoms with Crippen molar-refractivity contribution in [2.45, 2.75) is 18.6 Å². The highest BCUT2D eigenvalue weighted by atomic mass is 32.2. The summed E-state index contributed by atoms with van der Waals surface area (Å²) >= 11 is 1.49. The van der Waals surface area contributed by atoms with Crippen LogP contribution in [0.3, 0.4) is 0 Å². The number of hydrogen-bond acceptors (Lipinski definition) is 3. The summed E-state index contributed by atoms with van der Waals surface area (Å²) in [7, 11) is 0. The maximum atomic E-state index is 13.0. The van der Waals surface area contributed by atoms with Gasteiger partial charge in [0.1, 0.15) is 6.04 Å². The summed E-state index contributed by atoms with van der Waals surface area (Å²) in [5, 5.41) is 2.42. The van der Waals surface area contributed by atoms with Crippen molar-refractivity contribution in [1.29, 1.82) is 0 Å². The van der Waals surface area contributed by atoms with Crippen LogP contribution < -0.4 is 10.2 Å². The Morgan fingerprint density at radius 3 is 2.57 bits per heavy atom. The summed E-state index contributed by atoms with van der Waals surface area (Å²) in [5.41, 5.74) is -1.43. The topological polar surface area (TPSA) is 49.4 Å². The fourth-order valence-electron chi connectivity index (χ4n) is 2.10. The molecule has 1 unspecified atom stereocenters. The van der Waals surface area contributed by atoms with Crippen LogP contribution in [0, 0.1) is 0 Å². The van der Waals surface area contributed by atoms with E-state index in [9.17, 15) is 22.8 Å². The molecular formula is C13H13F3N2O2S. The number of urea groups is 1. The van der Waals surface area contributed by atoms with E-state index >= 15 is 0 Å². The van der Waals surface area contributed by atoms with Crippen LogP contribution in [0.25, 0.3) is 0 Å². The van der Waals surface area contributed by atoms with E-state index in [1.807, 2.05) is 6.26 Å². The smallest absolute Gasteiger partial charge is 0.325 e. The number of carbonyl (C=O) groups is 2. The van der Waals surface area contributed by atoms with Crippen molar-refractivity contribution >= 4 is 29.4 Å². The molecular weight excluding hydrogens is 305 g/mol. The molecule has 0 aromatic heterocycles. The lowest BCUT2D eigenvalue weighted by atomic mass is 10.1. The van der Waals surface area contributed by atoms with Gasteiger partial charge in [0.15, 0.2) is 0 Å². The molecule has 0 saturated carbocycles. The molecule has 0 spiro atoms. The second-order valence-corrected chi connectivity index (χ2v) is 5.46. The Labute approximate surface area is 123 Å². The van der Waals surface area contributed by atoms with Crippen LogP contribution in [0.1, 0.15) is 12.0 Å². The molecule has 1 aliphatic heterocycles. The molecule has 1 aromatic rings. The Hall–Kier alpha value is -1.70. The van der Waals surface area contributed by atoms with Crippen LogP contribution in [0.5, 0.6) is 0 Å². The highest BCUT2D eigenvalue weighted by Gasteiger charge is 2.43. The number of alkyl halides is 3. The van der Waals surface area contributed by atoms with Crippen LogP contribution in [0.2, 0.25) is 0 Å². The van der Waals surface area contributed by atoms with Crippen LogP contribution in [0.15, 0.2) is 24.3 Å². The van der Waals surface area contributed by atoms with E-state index in [1.54, 1.807) is 0 Å². The van der Waals surface area contributed by atoms with Gasteiger partial charge in [-0.05, 0) is 30.6 Å². The molecule has 0 aliphatic carbocycles. The minimum atomic E-state index is -4.63. The van der Waals surface area contributed by atoms with Crippen LogP contribution in [-0.4, -0.2) is 30.0 Å². The quantitative estimate of drug-likeness (QED) is 0.869. The SMILES string of the molecule is CSCCC1NC(=O)N(c2ccccc2C(F)(F)F)C1=O. The van der Waals surface area contributed by atoms with Crippen LogP contribution >= 0.6 is 11.8 Å². The van der Waals surface area contributed by atoms with Crippen LogP contribution in [0.4, 0.5) is 23.7 Å². The van der Waals surface area contributed by atoms with Gasteiger partial charge < -0.3 is 5.32 Å². The molecule has 0 bridgehead atoms. The monoisotopic (exact) mass is 318 g/mol. The largest absolute Gasteiger partial charge is 0.418 e. The number of hydrogen-bond donors (Lipinski definition) is 1. The number of imide groups is 1. The minimum absolute atomic E-state index is 0.385. The van der Waals surface area contributed by atoms with Gasteiger partial charge in [-0.25, -0.2) is 9.69 Å². The predicted octanol–water partition coefficient (Wildman–Crippen LogP) is 2.88. The van der Waals surface area contributed by atoms with Crippen LogP contribution in [-0.2, 0) is 11.0 Å². The molecule has 3 amide bonds. The minimum Gasteiger partial charge on any atom is -0.325 e. The zero-order chi connectivity index (χ0) is 15.6. The summed E-state index contributed by atoms with van der Waals surface area (Å²) in [4.78, 5) is 24.6. The van der Waals surface area contributed by atoms with Crippen molar-refractivity contribution in [3.05, 3.63) is 29.8 Å². The normalized spacial score (nSPS) is 19.0. The average molecular weight is 318 g/mol. The second kappa shape index (κ2) is 5.97. The summed E-state index contributed by atoms with van der Waals surface area (Å²) in [6.07, 6.45) is -2.40. The van der Waals surface area contributed by atoms with E-state index in [2.05, 4.69) is 5.32 Å². The Morgan fingerprint density at radius 1 is 1.29 bits per heavy atom. The third kappa shape index (κ3) is 3.15. The van der Waals surface area contributed by atoms with E-state index in [4.69, 9.17) is 0 Å². The zero-order valence-corrected chi connectivity index (χ0v) is 11.9. The van der Waals surface area contributed by atoms with Gasteiger partial charge in [0.25, 0.3) is 5.91 Å². The molecule has 1 saturated heterocycles. The molecule has 1 N–H and O–H groups in total. The van der Waals surface area contributed by atoms with Gasteiger partial charge in [-0.15, -0.1) is 0 Å². The summed E-state index contributed by atoms with van der Waals surface area (Å²) in [5.74, 6) is -0.0171. The second-order valence-electron chi connectivity index (χ2n) is 4.47. The number of para-hydroxylation sites is 1. The van der Waals surface area contributed by atoms with Gasteiger partial charge in [-0.3, -0.25) is 4.79 Å². The highest BCUT2D eigenvalue weighted by molar-refractivity contribution is 7.98. The zero-order valence-electron chi connectivity index (χ0n) is 11.1. The molecule has 114 valence electrons. The van der Waals surface area contributed by atoms with E-state index in [0.29, 0.717) is 17.1 Å². The number of nitrogens with zero attached hydrogens (tertiary/aromatic N) is 1. The van der Waals surface area contributed by atoms with Gasteiger partial charge in [0.05, 0.1) is 11.3 Å². The van der Waals surface area contributed by atoms with E-state index < -0.39 is 35.4 Å². The lowest BCUT2D eigenvalue weighted by Crippen LogP contribution is -2.33. The number of amides is 3. The Bertz CT molecular complexity index is 563. The van der Waals surface area contributed by atoms with Gasteiger partial charge in [-0.1, -0.05) is 12.1 Å². The number of benzene rings is 1. The molecule has 1 aliphatic rings. The van der Waals surface area contributed by atoms with Crippen molar-refractivity contribution in [1.82, 2.24) is 5.32 Å². The van der Waals surface area contributed by atoms with Crippen molar-refractivity contribution in [3.63, 3.8) is 0 Å². The first-order valence-corrected chi connectivity index (χ1v) is 7.55. The summed E-state index contributed by atoms with van der Waals surface area (Å²) in [6.45, 7) is 0. The third-order valence-corrected chi connectivity index (χ3v) is 3.72. The van der Waals surface area contributed by atoms with Crippen molar-refractivity contribution in [3.8, 4) is 0 Å². The number of nitrogens with one attached hydrogen (secondary N) is 1. The maximum absolute atomic E-state index is 13.0. The molecule has 21 heavy (non-hydrogen) atoms. The van der Waals surface area contributed by atoms with Crippen molar-refractivity contribution < 1.29 is 22.8 Å². The van der Waals surface area contributed by atoms with Gasteiger partial charge >= 0.3 is 12.2 Å². The number of carbonyl (C=O) groups excluding carboxylic acids is 2. The van der Waals surface area contributed by atoms with Crippen molar-refractivity contribution in [2.75, 3.05) is 16.9 Å². The van der Waals surface area contributed by atoms with Gasteiger partial charge in [0, 0.05) is 0 Å². The Kier molecular flexibility index (Phi) is 4.46. The first kappa shape index (κ1) is 15.7. The first-order chi connectivity index (χ1) is 9.86. The fourth-order valence-corrected chi connectivity index (χ4v) is 2.57. The summed E-state index contributed by atoms with van der Waals surface area (Å²) in [6, 6.07) is 2.97. The Morgan fingerprint density at radius 2 is 1.95 bits per heavy atom. The number of rotatable bonds is 4. The standard InChI is InChI=1S/C13H13F3N2O2S/c1-21-7-6-9-11(19)18(12(20)17-9)10-5-3-2-4-8(10)13(14,15)16/h2-5,9H,6-7H2,1H3,(H,17,20). The summed E-state index contributed by atoms with van der Waals surface area (Å²) < 4.78 is 38.9. The molecule has 4 nitrogen and oxygen atoms in total. The first-order valence-electron chi connectivity index (χ1n) is 6.16. The van der Waals surface area contributed by atoms with E-state index in [0.717, 1.165) is 12.1 Å². The lowest BCUT2D eigenvalue weighted by Gasteiger charge is -2.18. The van der Waals surface area contributed by atoms with Gasteiger partial charge in [-0.2, -0.15) is 24.9 Å². The lowest BCUT2D eigenvalue weighted by molar-refractivity contribution is -0.137. The van der Waals surface area contributed by atoms with Crippen molar-refractivity contribution in [2.24, 2.45) is 0 Å². The average Bonchev–Trinajstić information content (AvgIpc) is 2.70. The maximum Gasteiger partial charge on any atom is 0.418 e. The highest BCUT2D eigenvalue weighted by Crippen LogP contribution is 2.37. The van der Waals surface area contributed by atoms with Gasteiger partial charge in [0.2, 0.25) is 0 Å². The van der Waals surface area contributed by atoms with E-state index in [-0.39, 0.29) is 0 Å². The third-order valence-electron chi connectivity index (χ3n) is 3.08. The number of thioether (sulfide) groups is 1. The molecule has 1 fully saturated rings. The molecule has 1 atom stereocenters. The molecule has 0 radical (unpaired) electrons. The number of anilines is 1. The number of halogens is 3.